The lowest BCUT2D eigenvalue weighted by molar-refractivity contribution is 0.970. The first kappa shape index (κ1) is 15.5. The van der Waals surface area contributed by atoms with Gasteiger partial charge in [-0.2, -0.15) is 5.10 Å². The third-order valence-electron chi connectivity index (χ3n) is 3.22. The Morgan fingerprint density at radius 1 is 0.957 bits per heavy atom. The summed E-state index contributed by atoms with van der Waals surface area (Å²) in [6, 6.07) is 14.0. The molecule has 2 N–H and O–H groups in total. The maximum absolute atomic E-state index is 12.2. The van der Waals surface area contributed by atoms with E-state index < -0.39 is 10.9 Å². The molecule has 3 rings (SSSR count). The van der Waals surface area contributed by atoms with Crippen LogP contribution in [0.15, 0.2) is 67.7 Å². The van der Waals surface area contributed by atoms with Gasteiger partial charge in [-0.15, -0.1) is 0 Å². The zero-order valence-corrected chi connectivity index (χ0v) is 14.1. The van der Waals surface area contributed by atoms with Gasteiger partial charge in [0.05, 0.1) is 0 Å². The average Bonchev–Trinajstić information content (AvgIpc) is 2.80. The Labute approximate surface area is 144 Å². The number of nitrogens with one attached hydrogen (secondary N) is 2. The van der Waals surface area contributed by atoms with Crippen LogP contribution in [-0.2, 0) is 0 Å². The van der Waals surface area contributed by atoms with Gasteiger partial charge in [-0.1, -0.05) is 40.2 Å². The maximum atomic E-state index is 12.2. The van der Waals surface area contributed by atoms with Crippen molar-refractivity contribution < 1.29 is 0 Å². The van der Waals surface area contributed by atoms with Crippen molar-refractivity contribution in [3.05, 3.63) is 78.8 Å². The van der Waals surface area contributed by atoms with Crippen molar-refractivity contribution >= 4 is 49.7 Å². The van der Waals surface area contributed by atoms with Gasteiger partial charge in [0, 0.05) is 20.9 Å². The SMILES string of the molecule is O=c1c(=NNC(=S)Nc2ccc(Br)cc2)c(=O)c2ccccc12. The molecule has 0 aliphatic rings. The fourth-order valence-corrected chi connectivity index (χ4v) is 2.57. The number of nitrogens with zero attached hydrogens (tertiary/aromatic N) is 1. The van der Waals surface area contributed by atoms with Gasteiger partial charge in [-0.3, -0.25) is 15.0 Å². The van der Waals surface area contributed by atoms with Crippen molar-refractivity contribution in [2.75, 3.05) is 5.32 Å². The van der Waals surface area contributed by atoms with Crippen LogP contribution in [0.25, 0.3) is 10.8 Å². The highest BCUT2D eigenvalue weighted by Crippen LogP contribution is 2.13. The third kappa shape index (κ3) is 3.20. The molecule has 0 aromatic heterocycles. The number of halogens is 1. The van der Waals surface area contributed by atoms with Crippen molar-refractivity contribution in [3.8, 4) is 0 Å². The Morgan fingerprint density at radius 3 is 2.09 bits per heavy atom. The van der Waals surface area contributed by atoms with Crippen LogP contribution in [0.1, 0.15) is 0 Å². The summed E-state index contributed by atoms with van der Waals surface area (Å²) in [5.74, 6) is 0. The predicted molar refractivity (Wildman–Crippen MR) is 97.9 cm³/mol. The maximum Gasteiger partial charge on any atom is 0.217 e. The summed E-state index contributed by atoms with van der Waals surface area (Å²) in [7, 11) is 0. The Bertz CT molecular complexity index is 988. The zero-order chi connectivity index (χ0) is 16.4. The number of thiocarbonyl (C=S) groups is 1. The van der Waals surface area contributed by atoms with E-state index in [-0.39, 0.29) is 10.5 Å². The zero-order valence-electron chi connectivity index (χ0n) is 11.7. The standard InChI is InChI=1S/C16H10BrN3O2S/c17-9-5-7-10(8-6-9)18-16(23)20-19-13-14(21)11-3-1-2-4-12(11)15(13)22/h1-8H,(H2,18,20,23). The van der Waals surface area contributed by atoms with E-state index in [0.29, 0.717) is 10.8 Å². The van der Waals surface area contributed by atoms with Crippen molar-refractivity contribution in [1.82, 2.24) is 5.43 Å². The smallest absolute Gasteiger partial charge is 0.217 e. The minimum Gasteiger partial charge on any atom is -0.331 e. The molecule has 0 atom stereocenters. The molecule has 23 heavy (non-hydrogen) atoms. The van der Waals surface area contributed by atoms with Gasteiger partial charge < -0.3 is 5.32 Å². The van der Waals surface area contributed by atoms with E-state index in [2.05, 4.69) is 31.8 Å². The van der Waals surface area contributed by atoms with Crippen LogP contribution in [-0.4, -0.2) is 5.11 Å². The molecule has 3 aromatic rings. The van der Waals surface area contributed by atoms with Gasteiger partial charge >= 0.3 is 0 Å². The van der Waals surface area contributed by atoms with Crippen LogP contribution in [0.3, 0.4) is 0 Å². The summed E-state index contributed by atoms with van der Waals surface area (Å²) in [6.45, 7) is 0. The van der Waals surface area contributed by atoms with Gasteiger partial charge in [0.1, 0.15) is 0 Å². The van der Waals surface area contributed by atoms with E-state index in [4.69, 9.17) is 12.2 Å². The monoisotopic (exact) mass is 387 g/mol. The first-order valence-electron chi connectivity index (χ1n) is 6.65. The Kier molecular flexibility index (Phi) is 4.31. The molecule has 0 fully saturated rings. The van der Waals surface area contributed by atoms with Crippen molar-refractivity contribution in [2.45, 2.75) is 0 Å². The Hall–Kier alpha value is -2.38. The number of anilines is 1. The lowest BCUT2D eigenvalue weighted by atomic mass is 10.2. The number of fused-ring (bicyclic) bond motifs is 1. The highest BCUT2D eigenvalue weighted by molar-refractivity contribution is 9.10. The lowest BCUT2D eigenvalue weighted by Crippen LogP contribution is -2.36. The molecule has 0 bridgehead atoms. The van der Waals surface area contributed by atoms with E-state index >= 15 is 0 Å². The van der Waals surface area contributed by atoms with E-state index in [9.17, 15) is 9.59 Å². The first-order chi connectivity index (χ1) is 11.1. The van der Waals surface area contributed by atoms with Crippen LogP contribution < -0.4 is 27.0 Å². The second-order valence-corrected chi connectivity index (χ2v) is 6.06. The predicted octanol–water partition coefficient (Wildman–Crippen LogP) is 2.00. The van der Waals surface area contributed by atoms with Crippen molar-refractivity contribution in [3.63, 3.8) is 0 Å². The van der Waals surface area contributed by atoms with Gasteiger partial charge in [-0.25, -0.2) is 0 Å². The summed E-state index contributed by atoms with van der Waals surface area (Å²) >= 11 is 8.45. The molecule has 5 nitrogen and oxygen atoms in total. The number of hydrogen-bond donors (Lipinski definition) is 2. The fourth-order valence-electron chi connectivity index (χ4n) is 2.14. The fraction of sp³-hybridized carbons (Fsp3) is 0. The quantitative estimate of drug-likeness (QED) is 0.519. The summed E-state index contributed by atoms with van der Waals surface area (Å²) in [5, 5.41) is 7.54. The second-order valence-electron chi connectivity index (χ2n) is 4.74. The topological polar surface area (TPSA) is 70.6 Å². The third-order valence-corrected chi connectivity index (χ3v) is 3.94. The van der Waals surface area contributed by atoms with Gasteiger partial charge in [0.2, 0.25) is 10.9 Å². The van der Waals surface area contributed by atoms with E-state index in [1.165, 1.54) is 0 Å². The molecular formula is C16H10BrN3O2S. The number of benzene rings is 2. The molecule has 3 aromatic carbocycles. The van der Waals surface area contributed by atoms with Crippen molar-refractivity contribution in [1.29, 1.82) is 0 Å². The van der Waals surface area contributed by atoms with E-state index in [0.717, 1.165) is 10.2 Å². The molecule has 0 radical (unpaired) electrons. The summed E-state index contributed by atoms with van der Waals surface area (Å²) in [6.07, 6.45) is 0. The van der Waals surface area contributed by atoms with Crippen LogP contribution in [0.5, 0.6) is 0 Å². The number of rotatable bonds is 2. The van der Waals surface area contributed by atoms with E-state index in [1.54, 1.807) is 24.3 Å². The molecule has 0 heterocycles. The highest BCUT2D eigenvalue weighted by atomic mass is 79.9. The largest absolute Gasteiger partial charge is 0.331 e. The molecular weight excluding hydrogens is 378 g/mol. The van der Waals surface area contributed by atoms with Crippen LogP contribution >= 0.6 is 28.1 Å². The second kappa shape index (κ2) is 6.39. The first-order valence-corrected chi connectivity index (χ1v) is 7.85. The minimum absolute atomic E-state index is 0.161. The van der Waals surface area contributed by atoms with Crippen LogP contribution in [0, 0.1) is 0 Å². The van der Waals surface area contributed by atoms with Gasteiger partial charge in [0.25, 0.3) is 0 Å². The molecule has 0 spiro atoms. The Morgan fingerprint density at radius 2 is 1.52 bits per heavy atom. The summed E-state index contributed by atoms with van der Waals surface area (Å²) in [4.78, 5) is 24.3. The highest BCUT2D eigenvalue weighted by Gasteiger charge is 2.09. The molecule has 7 heteroatoms. The molecule has 114 valence electrons. The average molecular weight is 388 g/mol. The van der Waals surface area contributed by atoms with Crippen LogP contribution in [0.4, 0.5) is 5.69 Å². The summed E-state index contributed by atoms with van der Waals surface area (Å²) in [5.41, 5.74) is 2.50. The molecule has 0 saturated heterocycles. The van der Waals surface area contributed by atoms with E-state index in [1.807, 2.05) is 24.3 Å². The number of hydrogen-bond acceptors (Lipinski definition) is 4. The molecule has 0 amide bonds. The lowest BCUT2D eigenvalue weighted by Gasteiger charge is -2.06. The van der Waals surface area contributed by atoms with Gasteiger partial charge in [0.15, 0.2) is 10.5 Å². The molecule has 0 unspecified atom stereocenters. The van der Waals surface area contributed by atoms with Crippen LogP contribution in [0.2, 0.25) is 0 Å². The summed E-state index contributed by atoms with van der Waals surface area (Å²) < 4.78 is 0.946. The van der Waals surface area contributed by atoms with Gasteiger partial charge in [-0.05, 0) is 36.5 Å². The minimum atomic E-state index is -0.399. The Balaban J connectivity index is 1.85. The molecule has 0 saturated carbocycles. The molecule has 0 aliphatic carbocycles. The molecule has 0 aliphatic heterocycles. The van der Waals surface area contributed by atoms with Crippen molar-refractivity contribution in [2.24, 2.45) is 5.10 Å². The normalized spacial score (nSPS) is 10.5.